The van der Waals surface area contributed by atoms with E-state index in [1.807, 2.05) is 30.5 Å². The summed E-state index contributed by atoms with van der Waals surface area (Å²) in [5.74, 6) is 0.738. The van der Waals surface area contributed by atoms with Gasteiger partial charge in [0.05, 0.1) is 26.4 Å². The fourth-order valence-electron chi connectivity index (χ4n) is 3.64. The van der Waals surface area contributed by atoms with E-state index >= 15 is 0 Å². The number of carbonyl (C=O) groups is 1. The average Bonchev–Trinajstić information content (AvgIpc) is 3.19. The molecule has 2 unspecified atom stereocenters. The van der Waals surface area contributed by atoms with E-state index in [9.17, 15) is 4.79 Å². The highest BCUT2D eigenvalue weighted by Crippen LogP contribution is 2.31. The lowest BCUT2D eigenvalue weighted by Crippen LogP contribution is -2.44. The summed E-state index contributed by atoms with van der Waals surface area (Å²) in [7, 11) is 1.60. The molecule has 0 saturated carbocycles. The van der Waals surface area contributed by atoms with E-state index in [1.54, 1.807) is 13.3 Å². The molecule has 1 N–H and O–H groups in total. The van der Waals surface area contributed by atoms with Crippen molar-refractivity contribution in [3.05, 3.63) is 47.8 Å². The van der Waals surface area contributed by atoms with Gasteiger partial charge in [-0.2, -0.15) is 0 Å². The number of ether oxygens (including phenoxy) is 3. The molecule has 2 aliphatic rings. The zero-order valence-electron chi connectivity index (χ0n) is 15.8. The van der Waals surface area contributed by atoms with Gasteiger partial charge in [-0.25, -0.2) is 9.97 Å². The van der Waals surface area contributed by atoms with E-state index in [2.05, 4.69) is 20.2 Å². The highest BCUT2D eigenvalue weighted by Gasteiger charge is 2.32. The van der Waals surface area contributed by atoms with E-state index in [0.29, 0.717) is 38.1 Å². The number of aromatic nitrogens is 2. The van der Waals surface area contributed by atoms with E-state index in [-0.39, 0.29) is 17.9 Å². The number of methoxy groups -OCH3 is 1. The predicted molar refractivity (Wildman–Crippen MR) is 101 cm³/mol. The van der Waals surface area contributed by atoms with Gasteiger partial charge in [-0.1, -0.05) is 12.1 Å². The summed E-state index contributed by atoms with van der Waals surface area (Å²) < 4.78 is 16.2. The molecule has 2 aromatic rings. The zero-order valence-corrected chi connectivity index (χ0v) is 15.8. The van der Waals surface area contributed by atoms with Crippen LogP contribution >= 0.6 is 0 Å². The first-order chi connectivity index (χ1) is 13.8. The Morgan fingerprint density at radius 2 is 2.18 bits per heavy atom. The molecular weight excluding hydrogens is 360 g/mol. The molecule has 148 valence electrons. The van der Waals surface area contributed by atoms with Gasteiger partial charge in [0.1, 0.15) is 12.5 Å². The summed E-state index contributed by atoms with van der Waals surface area (Å²) >= 11 is 0. The number of amides is 1. The minimum atomic E-state index is -0.331. The van der Waals surface area contributed by atoms with Crippen molar-refractivity contribution >= 4 is 5.91 Å². The van der Waals surface area contributed by atoms with Crippen LogP contribution in [0.15, 0.2) is 36.7 Å². The van der Waals surface area contributed by atoms with Crippen LogP contribution in [0.3, 0.4) is 0 Å². The Morgan fingerprint density at radius 1 is 1.32 bits per heavy atom. The summed E-state index contributed by atoms with van der Waals surface area (Å²) in [5, 5.41) is 3.10. The number of carbonyl (C=O) groups excluding carboxylic acids is 1. The molecule has 1 amide bonds. The van der Waals surface area contributed by atoms with E-state index < -0.39 is 0 Å². The van der Waals surface area contributed by atoms with E-state index in [0.717, 1.165) is 24.2 Å². The fourth-order valence-corrected chi connectivity index (χ4v) is 3.64. The topological polar surface area (TPSA) is 85.8 Å². The molecule has 0 aromatic carbocycles. The minimum absolute atomic E-state index is 0.0157. The third kappa shape index (κ3) is 3.93. The maximum atomic E-state index is 12.8. The van der Waals surface area contributed by atoms with Crippen LogP contribution in [-0.2, 0) is 9.53 Å². The number of hydrogen-bond acceptors (Lipinski definition) is 7. The molecule has 28 heavy (non-hydrogen) atoms. The minimum Gasteiger partial charge on any atom is -0.481 e. The molecule has 0 bridgehead atoms. The first kappa shape index (κ1) is 18.6. The third-order valence-corrected chi connectivity index (χ3v) is 5.19. The molecule has 8 nitrogen and oxygen atoms in total. The average molecular weight is 384 g/mol. The zero-order chi connectivity index (χ0) is 19.3. The molecule has 1 fully saturated rings. The number of morpholine rings is 1. The molecule has 2 atom stereocenters. The van der Waals surface area contributed by atoms with Gasteiger partial charge in [-0.05, 0) is 11.6 Å². The van der Waals surface area contributed by atoms with Gasteiger partial charge in [0.2, 0.25) is 17.7 Å². The number of pyridine rings is 2. The predicted octanol–water partition coefficient (Wildman–Crippen LogP) is 1.15. The summed E-state index contributed by atoms with van der Waals surface area (Å²) in [5.41, 5.74) is 1.88. The second kappa shape index (κ2) is 8.53. The molecule has 0 radical (unpaired) electrons. The Balaban J connectivity index is 1.47. The molecule has 2 aromatic heterocycles. The summed E-state index contributed by atoms with van der Waals surface area (Å²) in [6.45, 7) is 3.80. The SMILES string of the molecule is COc1ccc(C(CNC(=O)C2COc3ncccc32)N2CCOCC2)cn1. The van der Waals surface area contributed by atoms with Crippen molar-refractivity contribution in [2.75, 3.05) is 46.6 Å². The van der Waals surface area contributed by atoms with Crippen LogP contribution in [0.25, 0.3) is 0 Å². The molecule has 8 heteroatoms. The maximum Gasteiger partial charge on any atom is 0.231 e. The van der Waals surface area contributed by atoms with Crippen LogP contribution in [0.5, 0.6) is 11.8 Å². The van der Waals surface area contributed by atoms with Crippen LogP contribution in [0, 0.1) is 0 Å². The van der Waals surface area contributed by atoms with Crippen molar-refractivity contribution in [2.45, 2.75) is 12.0 Å². The Labute approximate surface area is 163 Å². The van der Waals surface area contributed by atoms with Crippen molar-refractivity contribution in [1.29, 1.82) is 0 Å². The first-order valence-electron chi connectivity index (χ1n) is 9.43. The van der Waals surface area contributed by atoms with Gasteiger partial charge < -0.3 is 19.5 Å². The second-order valence-corrected chi connectivity index (χ2v) is 6.80. The quantitative estimate of drug-likeness (QED) is 0.800. The summed E-state index contributed by atoms with van der Waals surface area (Å²) in [4.78, 5) is 23.6. The Kier molecular flexibility index (Phi) is 5.68. The smallest absolute Gasteiger partial charge is 0.231 e. The highest BCUT2D eigenvalue weighted by atomic mass is 16.5. The van der Waals surface area contributed by atoms with Gasteiger partial charge in [0, 0.05) is 43.7 Å². The number of nitrogens with zero attached hydrogens (tertiary/aromatic N) is 3. The monoisotopic (exact) mass is 384 g/mol. The molecule has 1 saturated heterocycles. The Hall–Kier alpha value is -2.71. The van der Waals surface area contributed by atoms with Crippen molar-refractivity contribution < 1.29 is 19.0 Å². The van der Waals surface area contributed by atoms with Crippen LogP contribution in [-0.4, -0.2) is 67.3 Å². The molecule has 4 heterocycles. The molecule has 4 rings (SSSR count). The van der Waals surface area contributed by atoms with Gasteiger partial charge in [0.25, 0.3) is 0 Å². The highest BCUT2D eigenvalue weighted by molar-refractivity contribution is 5.85. The Bertz CT molecular complexity index is 808. The van der Waals surface area contributed by atoms with Crippen molar-refractivity contribution in [3.8, 4) is 11.8 Å². The number of hydrogen-bond donors (Lipinski definition) is 1. The lowest BCUT2D eigenvalue weighted by Gasteiger charge is -2.35. The van der Waals surface area contributed by atoms with Gasteiger partial charge in [0.15, 0.2) is 0 Å². The number of rotatable bonds is 6. The van der Waals surface area contributed by atoms with Gasteiger partial charge >= 0.3 is 0 Å². The van der Waals surface area contributed by atoms with Crippen LogP contribution in [0.4, 0.5) is 0 Å². The van der Waals surface area contributed by atoms with E-state index in [1.165, 1.54) is 0 Å². The lowest BCUT2D eigenvalue weighted by atomic mass is 10.0. The van der Waals surface area contributed by atoms with Crippen molar-refractivity contribution in [2.24, 2.45) is 0 Å². The van der Waals surface area contributed by atoms with Crippen molar-refractivity contribution in [1.82, 2.24) is 20.2 Å². The van der Waals surface area contributed by atoms with Crippen LogP contribution in [0.1, 0.15) is 23.1 Å². The second-order valence-electron chi connectivity index (χ2n) is 6.80. The van der Waals surface area contributed by atoms with Crippen LogP contribution in [0.2, 0.25) is 0 Å². The molecule has 0 aliphatic carbocycles. The molecule has 0 spiro atoms. The van der Waals surface area contributed by atoms with Gasteiger partial charge in [-0.3, -0.25) is 9.69 Å². The first-order valence-corrected chi connectivity index (χ1v) is 9.43. The summed E-state index contributed by atoms with van der Waals surface area (Å²) in [6, 6.07) is 7.58. The lowest BCUT2D eigenvalue weighted by molar-refractivity contribution is -0.123. The maximum absolute atomic E-state index is 12.8. The van der Waals surface area contributed by atoms with Gasteiger partial charge in [-0.15, -0.1) is 0 Å². The fraction of sp³-hybridized carbons (Fsp3) is 0.450. The third-order valence-electron chi connectivity index (χ3n) is 5.19. The summed E-state index contributed by atoms with van der Waals surface area (Å²) in [6.07, 6.45) is 3.48. The normalized spacial score (nSPS) is 20.1. The standard InChI is InChI=1S/C20H24N4O4/c1-26-18-5-4-14(11-22-18)17(24-7-9-27-10-8-24)12-23-19(25)16-13-28-20-15(16)3-2-6-21-20/h2-6,11,16-17H,7-10,12-13H2,1H3,(H,23,25). The molecule has 2 aliphatic heterocycles. The Morgan fingerprint density at radius 3 is 2.93 bits per heavy atom. The van der Waals surface area contributed by atoms with E-state index in [4.69, 9.17) is 14.2 Å². The largest absolute Gasteiger partial charge is 0.481 e. The van der Waals surface area contributed by atoms with Crippen LogP contribution < -0.4 is 14.8 Å². The number of fused-ring (bicyclic) bond motifs is 1. The number of nitrogens with one attached hydrogen (secondary N) is 1. The van der Waals surface area contributed by atoms with Crippen molar-refractivity contribution in [3.63, 3.8) is 0 Å². The molecular formula is C20H24N4O4.